The van der Waals surface area contributed by atoms with Crippen LogP contribution in [0.1, 0.15) is 23.1 Å². The van der Waals surface area contributed by atoms with Crippen molar-refractivity contribution >= 4 is 29.5 Å². The molecule has 0 saturated carbocycles. The fourth-order valence-electron chi connectivity index (χ4n) is 4.69. The summed E-state index contributed by atoms with van der Waals surface area (Å²) in [6.45, 7) is 0.327. The van der Waals surface area contributed by atoms with Crippen LogP contribution in [0.15, 0.2) is 52.6 Å². The zero-order valence-corrected chi connectivity index (χ0v) is 18.7. The lowest BCUT2D eigenvalue weighted by Crippen LogP contribution is -2.38. The van der Waals surface area contributed by atoms with Gasteiger partial charge in [0.2, 0.25) is 0 Å². The van der Waals surface area contributed by atoms with Crippen LogP contribution < -0.4 is 10.6 Å². The SMILES string of the molecule is CN1C=C(c2ccc(N3CCN(Cc4cc(C(F)F)ccc4F)C3=O)cc2F)C2C(N)=NC=NC21. The number of carbonyl (C=O) groups is 1. The van der Waals surface area contributed by atoms with Crippen molar-refractivity contribution in [1.82, 2.24) is 9.80 Å². The number of carbonyl (C=O) groups excluding carboxylic acids is 1. The summed E-state index contributed by atoms with van der Waals surface area (Å²) in [5.74, 6) is -1.24. The van der Waals surface area contributed by atoms with Crippen LogP contribution in [0.3, 0.4) is 0 Å². The number of alkyl halides is 2. The molecule has 3 aliphatic heterocycles. The van der Waals surface area contributed by atoms with Crippen molar-refractivity contribution in [3.05, 3.63) is 70.9 Å². The van der Waals surface area contributed by atoms with Crippen molar-refractivity contribution in [3.8, 4) is 0 Å². The maximum atomic E-state index is 15.3. The number of benzene rings is 2. The number of urea groups is 1. The Morgan fingerprint density at radius 1 is 1.11 bits per heavy atom. The monoisotopic (exact) mass is 486 g/mol. The number of hydrogen-bond acceptors (Lipinski definition) is 5. The Morgan fingerprint density at radius 3 is 2.66 bits per heavy atom. The molecule has 0 aliphatic carbocycles. The highest BCUT2D eigenvalue weighted by molar-refractivity contribution is 6.01. The van der Waals surface area contributed by atoms with E-state index in [1.165, 1.54) is 22.2 Å². The smallest absolute Gasteiger partial charge is 0.324 e. The zero-order valence-electron chi connectivity index (χ0n) is 18.7. The highest BCUT2D eigenvalue weighted by atomic mass is 19.3. The first-order valence-electron chi connectivity index (χ1n) is 11.0. The molecule has 35 heavy (non-hydrogen) atoms. The number of rotatable bonds is 5. The molecule has 2 amide bonds. The number of aliphatic imine (C=N–C) groups is 2. The highest BCUT2D eigenvalue weighted by Gasteiger charge is 2.39. The highest BCUT2D eigenvalue weighted by Crippen LogP contribution is 2.38. The summed E-state index contributed by atoms with van der Waals surface area (Å²) in [4.78, 5) is 25.9. The molecule has 3 aliphatic rings. The number of nitrogens with zero attached hydrogens (tertiary/aromatic N) is 5. The number of amidine groups is 1. The summed E-state index contributed by atoms with van der Waals surface area (Å²) < 4.78 is 55.4. The first kappa shape index (κ1) is 22.9. The molecule has 2 aromatic carbocycles. The van der Waals surface area contributed by atoms with Crippen LogP contribution in [0.25, 0.3) is 5.57 Å². The molecule has 1 saturated heterocycles. The van der Waals surface area contributed by atoms with Gasteiger partial charge in [0.15, 0.2) is 0 Å². The minimum absolute atomic E-state index is 0.000710. The predicted molar refractivity (Wildman–Crippen MR) is 124 cm³/mol. The average Bonchev–Trinajstić information content (AvgIpc) is 3.35. The minimum Gasteiger partial charge on any atom is -0.386 e. The van der Waals surface area contributed by atoms with Gasteiger partial charge in [-0.3, -0.25) is 4.90 Å². The van der Waals surface area contributed by atoms with E-state index in [2.05, 4.69) is 9.98 Å². The second-order valence-corrected chi connectivity index (χ2v) is 8.63. The molecule has 182 valence electrons. The quantitative estimate of drug-likeness (QED) is 0.650. The van der Waals surface area contributed by atoms with Crippen molar-refractivity contribution in [2.24, 2.45) is 21.6 Å². The van der Waals surface area contributed by atoms with Gasteiger partial charge in [-0.2, -0.15) is 0 Å². The van der Waals surface area contributed by atoms with E-state index in [0.717, 1.165) is 18.2 Å². The Hall–Kier alpha value is -3.89. The molecule has 1 fully saturated rings. The minimum atomic E-state index is -2.74. The van der Waals surface area contributed by atoms with E-state index in [9.17, 15) is 18.0 Å². The maximum absolute atomic E-state index is 15.3. The van der Waals surface area contributed by atoms with E-state index in [-0.39, 0.29) is 42.8 Å². The third kappa shape index (κ3) is 4.00. The Balaban J connectivity index is 1.35. The van der Waals surface area contributed by atoms with Crippen LogP contribution >= 0.6 is 0 Å². The van der Waals surface area contributed by atoms with Gasteiger partial charge < -0.3 is 15.5 Å². The number of anilines is 1. The van der Waals surface area contributed by atoms with Gasteiger partial charge in [-0.15, -0.1) is 0 Å². The Labute approximate surface area is 198 Å². The number of nitrogens with two attached hydrogens (primary N) is 1. The molecular formula is C24H22F4N6O. The van der Waals surface area contributed by atoms with Gasteiger partial charge >= 0.3 is 6.03 Å². The summed E-state index contributed by atoms with van der Waals surface area (Å²) >= 11 is 0. The molecule has 0 bridgehead atoms. The molecule has 11 heteroatoms. The maximum Gasteiger partial charge on any atom is 0.324 e. The largest absolute Gasteiger partial charge is 0.386 e. The van der Waals surface area contributed by atoms with Crippen molar-refractivity contribution in [2.75, 3.05) is 25.0 Å². The summed E-state index contributed by atoms with van der Waals surface area (Å²) in [6, 6.07) is 7.07. The van der Waals surface area contributed by atoms with Crippen molar-refractivity contribution in [2.45, 2.75) is 19.1 Å². The van der Waals surface area contributed by atoms with E-state index in [1.54, 1.807) is 18.3 Å². The molecule has 0 radical (unpaired) electrons. The molecule has 2 aromatic rings. The standard InChI is InChI=1S/C24H22F4N6O/c1-32-11-17(20-22(29)30-12-31-23(20)32)16-4-3-15(9-19(16)26)34-7-6-33(24(34)35)10-14-8-13(21(27)28)2-5-18(14)25/h2-5,8-9,11-12,20-21,23H,6-7,10H2,1H3,(H2,29,30,31). The third-order valence-corrected chi connectivity index (χ3v) is 6.49. The van der Waals surface area contributed by atoms with E-state index < -0.39 is 24.1 Å². The van der Waals surface area contributed by atoms with Crippen LogP contribution in [0, 0.1) is 17.6 Å². The number of hydrogen-bond donors (Lipinski definition) is 1. The molecule has 0 spiro atoms. The van der Waals surface area contributed by atoms with Crippen LogP contribution in [0.4, 0.5) is 28.0 Å². The van der Waals surface area contributed by atoms with E-state index in [4.69, 9.17) is 5.73 Å². The first-order valence-corrected chi connectivity index (χ1v) is 11.0. The van der Waals surface area contributed by atoms with Gasteiger partial charge in [0.05, 0.1) is 12.5 Å². The number of amides is 2. The van der Waals surface area contributed by atoms with Crippen molar-refractivity contribution in [1.29, 1.82) is 0 Å². The lowest BCUT2D eigenvalue weighted by Gasteiger charge is -2.25. The summed E-state index contributed by atoms with van der Waals surface area (Å²) in [5.41, 5.74) is 7.06. The van der Waals surface area contributed by atoms with Crippen LogP contribution in [-0.4, -0.2) is 54.3 Å². The van der Waals surface area contributed by atoms with Crippen LogP contribution in [-0.2, 0) is 6.54 Å². The van der Waals surface area contributed by atoms with E-state index in [1.807, 2.05) is 11.9 Å². The summed E-state index contributed by atoms with van der Waals surface area (Å²) in [7, 11) is 1.82. The molecule has 2 atom stereocenters. The number of halogens is 4. The molecule has 3 heterocycles. The van der Waals surface area contributed by atoms with Gasteiger partial charge in [-0.25, -0.2) is 32.3 Å². The molecule has 2 N–H and O–H groups in total. The Bertz CT molecular complexity index is 1280. The normalized spacial score (nSPS) is 21.7. The van der Waals surface area contributed by atoms with Gasteiger partial charge in [-0.05, 0) is 35.9 Å². The summed E-state index contributed by atoms with van der Waals surface area (Å²) in [5, 5.41) is 0. The Kier molecular flexibility index (Phi) is 5.70. The fourth-order valence-corrected chi connectivity index (χ4v) is 4.69. The molecule has 0 aromatic heterocycles. The number of fused-ring (bicyclic) bond motifs is 1. The third-order valence-electron chi connectivity index (χ3n) is 6.49. The van der Waals surface area contributed by atoms with E-state index in [0.29, 0.717) is 22.7 Å². The van der Waals surface area contributed by atoms with Gasteiger partial charge in [0.1, 0.15) is 30.0 Å². The topological polar surface area (TPSA) is 77.5 Å². The van der Waals surface area contributed by atoms with Crippen molar-refractivity contribution in [3.63, 3.8) is 0 Å². The van der Waals surface area contributed by atoms with Crippen molar-refractivity contribution < 1.29 is 22.4 Å². The second kappa shape index (κ2) is 8.71. The van der Waals surface area contributed by atoms with Gasteiger partial charge in [0.25, 0.3) is 6.43 Å². The molecule has 5 rings (SSSR count). The van der Waals surface area contributed by atoms with Crippen LogP contribution in [0.2, 0.25) is 0 Å². The van der Waals surface area contributed by atoms with Gasteiger partial charge in [-0.1, -0.05) is 6.07 Å². The molecular weight excluding hydrogens is 464 g/mol. The zero-order chi connectivity index (χ0) is 24.9. The first-order chi connectivity index (χ1) is 16.7. The lowest BCUT2D eigenvalue weighted by atomic mass is 9.91. The fraction of sp³-hybridized carbons (Fsp3) is 0.292. The average molecular weight is 486 g/mol. The summed E-state index contributed by atoms with van der Waals surface area (Å²) in [6.07, 6.45) is 0.139. The van der Waals surface area contributed by atoms with Crippen LogP contribution in [0.5, 0.6) is 0 Å². The second-order valence-electron chi connectivity index (χ2n) is 8.63. The lowest BCUT2D eigenvalue weighted by molar-refractivity contribution is 0.151. The van der Waals surface area contributed by atoms with E-state index >= 15 is 4.39 Å². The Morgan fingerprint density at radius 2 is 1.91 bits per heavy atom. The van der Waals surface area contributed by atoms with Gasteiger partial charge in [0, 0.05) is 48.7 Å². The molecule has 2 unspecified atom stereocenters. The molecule has 7 nitrogen and oxygen atoms in total. The predicted octanol–water partition coefficient (Wildman–Crippen LogP) is 3.97.